The first kappa shape index (κ1) is 15.7. The standard InChI is InChI=1S/C18H21ClN4O/c1-22-17(14-6-3-7-15(14)21-22)18(24)23-9-8-20-16(11-23)12-4-2-5-13(19)10-12/h2,4-5,10,16,20H,3,6-9,11H2,1H3. The number of benzene rings is 1. The van der Waals surface area contributed by atoms with Crippen LogP contribution in [0.5, 0.6) is 0 Å². The Bertz CT molecular complexity index is 785. The molecule has 1 aromatic heterocycles. The van der Waals surface area contributed by atoms with Crippen molar-refractivity contribution in [3.8, 4) is 0 Å². The van der Waals surface area contributed by atoms with Gasteiger partial charge in [-0.25, -0.2) is 0 Å². The Labute approximate surface area is 146 Å². The number of carbonyl (C=O) groups excluding carboxylic acids is 1. The lowest BCUT2D eigenvalue weighted by Crippen LogP contribution is -2.48. The third-order valence-electron chi connectivity index (χ3n) is 4.99. The number of aromatic nitrogens is 2. The lowest BCUT2D eigenvalue weighted by Gasteiger charge is -2.34. The monoisotopic (exact) mass is 344 g/mol. The zero-order valence-electron chi connectivity index (χ0n) is 13.8. The van der Waals surface area contributed by atoms with Gasteiger partial charge in [-0.15, -0.1) is 0 Å². The summed E-state index contributed by atoms with van der Waals surface area (Å²) in [6.45, 7) is 2.15. The van der Waals surface area contributed by atoms with Crippen LogP contribution in [0.2, 0.25) is 5.02 Å². The number of carbonyl (C=O) groups is 1. The first-order valence-corrected chi connectivity index (χ1v) is 8.84. The van der Waals surface area contributed by atoms with Gasteiger partial charge in [-0.3, -0.25) is 9.48 Å². The molecule has 0 spiro atoms. The minimum atomic E-state index is 0.0988. The molecular weight excluding hydrogens is 324 g/mol. The van der Waals surface area contributed by atoms with Crippen LogP contribution in [-0.4, -0.2) is 40.2 Å². The molecular formula is C18H21ClN4O. The van der Waals surface area contributed by atoms with E-state index in [2.05, 4.69) is 16.5 Å². The lowest BCUT2D eigenvalue weighted by molar-refractivity contribution is 0.0690. The number of piperazine rings is 1. The molecule has 0 radical (unpaired) electrons. The van der Waals surface area contributed by atoms with Crippen LogP contribution >= 0.6 is 11.6 Å². The van der Waals surface area contributed by atoms with Gasteiger partial charge >= 0.3 is 0 Å². The molecule has 1 aliphatic heterocycles. The van der Waals surface area contributed by atoms with Crippen LogP contribution in [-0.2, 0) is 19.9 Å². The van der Waals surface area contributed by atoms with E-state index < -0.39 is 0 Å². The molecule has 1 saturated heterocycles. The summed E-state index contributed by atoms with van der Waals surface area (Å²) in [5.41, 5.74) is 4.15. The van der Waals surface area contributed by atoms with Gasteiger partial charge in [0, 0.05) is 37.3 Å². The summed E-state index contributed by atoms with van der Waals surface area (Å²) in [4.78, 5) is 15.0. The van der Waals surface area contributed by atoms with Crippen LogP contribution in [0.4, 0.5) is 0 Å². The molecule has 24 heavy (non-hydrogen) atoms. The highest BCUT2D eigenvalue weighted by Crippen LogP contribution is 2.27. The first-order chi connectivity index (χ1) is 11.6. The number of nitrogens with one attached hydrogen (secondary N) is 1. The quantitative estimate of drug-likeness (QED) is 0.909. The van der Waals surface area contributed by atoms with Gasteiger partial charge in [0.15, 0.2) is 0 Å². The normalized spacial score (nSPS) is 20.2. The van der Waals surface area contributed by atoms with E-state index in [1.807, 2.05) is 30.1 Å². The van der Waals surface area contributed by atoms with E-state index >= 15 is 0 Å². The second-order valence-corrected chi connectivity index (χ2v) is 7.00. The van der Waals surface area contributed by atoms with Crippen molar-refractivity contribution in [3.05, 3.63) is 51.8 Å². The SMILES string of the molecule is Cn1nc2c(c1C(=O)N1CCNC(c3cccc(Cl)c3)C1)CCC2. The van der Waals surface area contributed by atoms with Crippen molar-refractivity contribution >= 4 is 17.5 Å². The Morgan fingerprint density at radius 3 is 3.08 bits per heavy atom. The number of fused-ring (bicyclic) bond motifs is 1. The molecule has 1 aliphatic carbocycles. The topological polar surface area (TPSA) is 50.2 Å². The molecule has 1 unspecified atom stereocenters. The number of hydrogen-bond acceptors (Lipinski definition) is 3. The fourth-order valence-electron chi connectivity index (χ4n) is 3.82. The van der Waals surface area contributed by atoms with Crippen LogP contribution in [0, 0.1) is 0 Å². The van der Waals surface area contributed by atoms with Crippen molar-refractivity contribution in [2.45, 2.75) is 25.3 Å². The highest BCUT2D eigenvalue weighted by atomic mass is 35.5. The number of aryl methyl sites for hydroxylation is 2. The highest BCUT2D eigenvalue weighted by molar-refractivity contribution is 6.30. The number of rotatable bonds is 2. The second-order valence-electron chi connectivity index (χ2n) is 6.56. The highest BCUT2D eigenvalue weighted by Gasteiger charge is 2.31. The molecule has 4 rings (SSSR count). The van der Waals surface area contributed by atoms with Gasteiger partial charge in [0.2, 0.25) is 0 Å². The summed E-state index contributed by atoms with van der Waals surface area (Å²) in [7, 11) is 1.88. The summed E-state index contributed by atoms with van der Waals surface area (Å²) < 4.78 is 1.77. The predicted octanol–water partition coefficient (Wildman–Crippen LogP) is 2.35. The van der Waals surface area contributed by atoms with Gasteiger partial charge in [-0.05, 0) is 37.0 Å². The predicted molar refractivity (Wildman–Crippen MR) is 93.3 cm³/mol. The summed E-state index contributed by atoms with van der Waals surface area (Å²) in [5, 5.41) is 8.74. The van der Waals surface area contributed by atoms with E-state index in [4.69, 9.17) is 11.6 Å². The van der Waals surface area contributed by atoms with Gasteiger partial charge in [0.25, 0.3) is 5.91 Å². The molecule has 6 heteroatoms. The van der Waals surface area contributed by atoms with Crippen LogP contribution in [0.15, 0.2) is 24.3 Å². The third kappa shape index (κ3) is 2.72. The van der Waals surface area contributed by atoms with E-state index in [-0.39, 0.29) is 11.9 Å². The maximum atomic E-state index is 13.1. The molecule has 0 bridgehead atoms. The van der Waals surface area contributed by atoms with E-state index in [1.54, 1.807) is 4.68 Å². The van der Waals surface area contributed by atoms with Gasteiger partial charge in [0.1, 0.15) is 5.69 Å². The summed E-state index contributed by atoms with van der Waals surface area (Å²) in [6, 6.07) is 7.96. The Morgan fingerprint density at radius 2 is 2.25 bits per heavy atom. The maximum Gasteiger partial charge on any atom is 0.272 e. The maximum absolute atomic E-state index is 13.1. The van der Waals surface area contributed by atoms with Crippen molar-refractivity contribution in [3.63, 3.8) is 0 Å². The summed E-state index contributed by atoms with van der Waals surface area (Å²) in [6.07, 6.45) is 3.06. The van der Waals surface area contributed by atoms with E-state index in [1.165, 1.54) is 0 Å². The van der Waals surface area contributed by atoms with Crippen LogP contribution < -0.4 is 5.32 Å². The molecule has 1 fully saturated rings. The smallest absolute Gasteiger partial charge is 0.272 e. The average molecular weight is 345 g/mol. The Morgan fingerprint density at radius 1 is 1.38 bits per heavy atom. The van der Waals surface area contributed by atoms with Crippen molar-refractivity contribution in [1.29, 1.82) is 0 Å². The molecule has 126 valence electrons. The van der Waals surface area contributed by atoms with E-state index in [9.17, 15) is 4.79 Å². The average Bonchev–Trinajstić information content (AvgIpc) is 3.14. The minimum absolute atomic E-state index is 0.0988. The van der Waals surface area contributed by atoms with Crippen molar-refractivity contribution in [1.82, 2.24) is 20.0 Å². The summed E-state index contributed by atoms with van der Waals surface area (Å²) >= 11 is 6.11. The Balaban J connectivity index is 1.57. The van der Waals surface area contributed by atoms with Crippen molar-refractivity contribution < 1.29 is 4.79 Å². The van der Waals surface area contributed by atoms with Crippen LogP contribution in [0.3, 0.4) is 0 Å². The second kappa shape index (κ2) is 6.22. The van der Waals surface area contributed by atoms with Crippen molar-refractivity contribution in [2.75, 3.05) is 19.6 Å². The zero-order chi connectivity index (χ0) is 16.7. The molecule has 2 aliphatic rings. The number of nitrogens with zero attached hydrogens (tertiary/aromatic N) is 3. The largest absolute Gasteiger partial charge is 0.334 e. The fraction of sp³-hybridized carbons (Fsp3) is 0.444. The molecule has 1 atom stereocenters. The van der Waals surface area contributed by atoms with Gasteiger partial charge in [-0.1, -0.05) is 23.7 Å². The summed E-state index contributed by atoms with van der Waals surface area (Å²) in [5.74, 6) is 0.0988. The lowest BCUT2D eigenvalue weighted by atomic mass is 10.0. The van der Waals surface area contributed by atoms with Gasteiger partial charge < -0.3 is 10.2 Å². The molecule has 0 saturated carbocycles. The van der Waals surface area contributed by atoms with Crippen LogP contribution in [0.1, 0.15) is 39.8 Å². The molecule has 2 aromatic rings. The molecule has 1 amide bonds. The van der Waals surface area contributed by atoms with E-state index in [0.29, 0.717) is 6.54 Å². The van der Waals surface area contributed by atoms with E-state index in [0.717, 1.165) is 59.9 Å². The first-order valence-electron chi connectivity index (χ1n) is 8.46. The van der Waals surface area contributed by atoms with Crippen molar-refractivity contribution in [2.24, 2.45) is 7.05 Å². The van der Waals surface area contributed by atoms with Gasteiger partial charge in [0.05, 0.1) is 11.7 Å². The van der Waals surface area contributed by atoms with Crippen LogP contribution in [0.25, 0.3) is 0 Å². The Hall–Kier alpha value is -1.85. The number of amides is 1. The zero-order valence-corrected chi connectivity index (χ0v) is 14.5. The fourth-order valence-corrected chi connectivity index (χ4v) is 4.02. The number of hydrogen-bond donors (Lipinski definition) is 1. The number of halogens is 1. The molecule has 5 nitrogen and oxygen atoms in total. The molecule has 2 heterocycles. The molecule has 1 aromatic carbocycles. The Kier molecular flexibility index (Phi) is 4.06. The molecule has 1 N–H and O–H groups in total. The van der Waals surface area contributed by atoms with Gasteiger partial charge in [-0.2, -0.15) is 5.10 Å². The minimum Gasteiger partial charge on any atom is -0.334 e. The third-order valence-corrected chi connectivity index (χ3v) is 5.22.